The first-order chi connectivity index (χ1) is 16.0. The molecule has 1 heterocycles. The lowest BCUT2D eigenvalue weighted by molar-refractivity contribution is -0.348. The van der Waals surface area contributed by atoms with E-state index in [-0.39, 0.29) is 42.1 Å². The molecule has 14 heteroatoms. The summed E-state index contributed by atoms with van der Waals surface area (Å²) in [5, 5.41) is 0. The topological polar surface area (TPSA) is 80.5 Å². The maximum Gasteiger partial charge on any atom is 0.435 e. The molecular formula is C21H18F8N2O3S. The summed E-state index contributed by atoms with van der Waals surface area (Å²) in [5.74, 6) is -1.55. The number of nitrogens with two attached hydrogens (primary N) is 1. The number of nitrogens with zero attached hydrogens (tertiary/aromatic N) is 1. The molecule has 1 saturated heterocycles. The highest BCUT2D eigenvalue weighted by atomic mass is 32.2. The number of carbonyl (C=O) groups excluding carboxylic acids is 1. The van der Waals surface area contributed by atoms with Crippen LogP contribution in [0.3, 0.4) is 0 Å². The summed E-state index contributed by atoms with van der Waals surface area (Å²) in [5.41, 5.74) is -2.53. The molecule has 1 aliphatic heterocycles. The van der Waals surface area contributed by atoms with Crippen LogP contribution in [0.25, 0.3) is 0 Å². The molecule has 0 radical (unpaired) electrons. The minimum Gasteiger partial charge on any atom is -0.369 e. The van der Waals surface area contributed by atoms with Gasteiger partial charge >= 0.3 is 18.0 Å². The fourth-order valence-corrected chi connectivity index (χ4v) is 6.26. The molecule has 192 valence electrons. The van der Waals surface area contributed by atoms with Crippen molar-refractivity contribution in [2.24, 2.45) is 5.73 Å². The molecule has 35 heavy (non-hydrogen) atoms. The van der Waals surface area contributed by atoms with Gasteiger partial charge in [0.15, 0.2) is 9.84 Å². The first-order valence-corrected chi connectivity index (χ1v) is 11.4. The molecule has 0 bridgehead atoms. The van der Waals surface area contributed by atoms with E-state index in [9.17, 15) is 48.3 Å². The number of amides is 1. The maximum absolute atomic E-state index is 14.4. The van der Waals surface area contributed by atoms with Crippen LogP contribution in [-0.4, -0.2) is 51.2 Å². The first kappa shape index (κ1) is 26.9. The third-order valence-electron chi connectivity index (χ3n) is 5.92. The van der Waals surface area contributed by atoms with Crippen LogP contribution < -0.4 is 5.73 Å². The van der Waals surface area contributed by atoms with Crippen molar-refractivity contribution in [2.75, 3.05) is 19.6 Å². The van der Waals surface area contributed by atoms with Gasteiger partial charge in [-0.15, -0.1) is 0 Å². The van der Waals surface area contributed by atoms with Crippen molar-refractivity contribution in [1.29, 1.82) is 0 Å². The SMILES string of the molecule is NC(=O)CN1CC[C@](c2ccc(C(F)(C(F)(F)F)C(F)(F)F)cc2)(S(=O)(=O)c2ccc(F)cc2)C1. The second kappa shape index (κ2) is 8.73. The number of primary amides is 1. The molecular weight excluding hydrogens is 512 g/mol. The standard InChI is InChI=1S/C21H18F8N2O3S/c22-15-5-7-16(8-6-15)35(33,34)18(9-10-31(12-18)11-17(30)32)13-1-3-14(4-2-13)19(23,20(24,25)26)21(27,28)29/h1-8H,9-12H2,(H2,30,32)/t18-/m0/s1. The maximum atomic E-state index is 14.4. The van der Waals surface area contributed by atoms with E-state index in [0.29, 0.717) is 12.1 Å². The van der Waals surface area contributed by atoms with Crippen molar-refractivity contribution in [3.63, 3.8) is 0 Å². The van der Waals surface area contributed by atoms with Crippen LogP contribution in [0.4, 0.5) is 35.1 Å². The third-order valence-corrected chi connectivity index (χ3v) is 8.41. The second-order valence-electron chi connectivity index (χ2n) is 8.11. The zero-order valence-electron chi connectivity index (χ0n) is 17.6. The minimum absolute atomic E-state index is 0.0106. The van der Waals surface area contributed by atoms with Crippen LogP contribution in [0, 0.1) is 5.82 Å². The molecule has 0 saturated carbocycles. The highest BCUT2D eigenvalue weighted by molar-refractivity contribution is 7.92. The summed E-state index contributed by atoms with van der Waals surface area (Å²) in [6, 6.07) is 5.46. The van der Waals surface area contributed by atoms with Crippen molar-refractivity contribution in [1.82, 2.24) is 4.90 Å². The van der Waals surface area contributed by atoms with Crippen LogP contribution in [0.2, 0.25) is 0 Å². The van der Waals surface area contributed by atoms with E-state index in [1.54, 1.807) is 0 Å². The van der Waals surface area contributed by atoms with Crippen LogP contribution in [0.5, 0.6) is 0 Å². The number of rotatable bonds is 6. The normalized spacial score (nSPS) is 20.2. The van der Waals surface area contributed by atoms with Gasteiger partial charge in [0.05, 0.1) is 11.4 Å². The number of alkyl halides is 7. The smallest absolute Gasteiger partial charge is 0.369 e. The molecule has 0 aromatic heterocycles. The summed E-state index contributed by atoms with van der Waals surface area (Å²) >= 11 is 0. The quantitative estimate of drug-likeness (QED) is 0.453. The zero-order valence-corrected chi connectivity index (χ0v) is 18.4. The summed E-state index contributed by atoms with van der Waals surface area (Å²) in [7, 11) is -4.44. The average molecular weight is 530 g/mol. The molecule has 1 fully saturated rings. The number of likely N-dealkylation sites (tertiary alicyclic amines) is 1. The van der Waals surface area contributed by atoms with Crippen molar-refractivity contribution in [3.8, 4) is 0 Å². The van der Waals surface area contributed by atoms with Crippen molar-refractivity contribution < 1.29 is 48.3 Å². The Balaban J connectivity index is 2.16. The van der Waals surface area contributed by atoms with Gasteiger partial charge in [0.1, 0.15) is 10.6 Å². The largest absolute Gasteiger partial charge is 0.435 e. The Morgan fingerprint density at radius 1 is 0.914 bits per heavy atom. The highest BCUT2D eigenvalue weighted by Gasteiger charge is 2.73. The minimum atomic E-state index is -6.34. The van der Waals surface area contributed by atoms with E-state index in [1.807, 2.05) is 0 Å². The van der Waals surface area contributed by atoms with Crippen molar-refractivity contribution >= 4 is 15.7 Å². The molecule has 3 rings (SSSR count). The van der Waals surface area contributed by atoms with Gasteiger partial charge in [0.25, 0.3) is 0 Å². The van der Waals surface area contributed by atoms with Gasteiger partial charge in [-0.05, 0) is 36.2 Å². The van der Waals surface area contributed by atoms with Gasteiger partial charge in [0, 0.05) is 18.7 Å². The Morgan fingerprint density at radius 2 is 1.43 bits per heavy atom. The van der Waals surface area contributed by atoms with Crippen molar-refractivity contribution in [3.05, 3.63) is 65.5 Å². The van der Waals surface area contributed by atoms with E-state index in [2.05, 4.69) is 0 Å². The van der Waals surface area contributed by atoms with Gasteiger partial charge in [-0.1, -0.05) is 24.3 Å². The van der Waals surface area contributed by atoms with Crippen LogP contribution in [0.15, 0.2) is 53.4 Å². The van der Waals surface area contributed by atoms with Gasteiger partial charge in [-0.25, -0.2) is 17.2 Å². The number of sulfone groups is 1. The van der Waals surface area contributed by atoms with Crippen molar-refractivity contribution in [2.45, 2.75) is 34.1 Å². The number of hydrogen-bond acceptors (Lipinski definition) is 4. The molecule has 2 N–H and O–H groups in total. The Bertz CT molecular complexity index is 1180. The Labute approximate surface area is 194 Å². The Hall–Kier alpha value is -2.74. The average Bonchev–Trinajstić information content (AvgIpc) is 3.17. The van der Waals surface area contributed by atoms with Gasteiger partial charge in [-0.3, -0.25) is 9.69 Å². The van der Waals surface area contributed by atoms with E-state index < -0.39 is 56.4 Å². The fraction of sp³-hybridized carbons (Fsp3) is 0.381. The summed E-state index contributed by atoms with van der Waals surface area (Å²) in [6.07, 6.45) is -12.9. The molecule has 5 nitrogen and oxygen atoms in total. The second-order valence-corrected chi connectivity index (χ2v) is 10.4. The molecule has 0 aliphatic carbocycles. The molecule has 1 aliphatic rings. The lowest BCUT2D eigenvalue weighted by Crippen LogP contribution is -2.50. The Kier molecular flexibility index (Phi) is 6.70. The van der Waals surface area contributed by atoms with Gasteiger partial charge < -0.3 is 5.73 Å². The highest BCUT2D eigenvalue weighted by Crippen LogP contribution is 2.53. The summed E-state index contributed by atoms with van der Waals surface area (Å²) in [4.78, 5) is 12.3. The molecule has 2 aromatic rings. The van der Waals surface area contributed by atoms with E-state index in [0.717, 1.165) is 24.3 Å². The number of halogens is 8. The fourth-order valence-electron chi connectivity index (χ4n) is 4.15. The van der Waals surface area contributed by atoms with E-state index in [1.165, 1.54) is 4.90 Å². The predicted molar refractivity (Wildman–Crippen MR) is 107 cm³/mol. The van der Waals surface area contributed by atoms with Crippen LogP contribution in [0.1, 0.15) is 17.5 Å². The molecule has 0 unspecified atom stereocenters. The summed E-state index contributed by atoms with van der Waals surface area (Å²) in [6.45, 7) is -0.772. The summed E-state index contributed by atoms with van der Waals surface area (Å²) < 4.78 is 132. The monoisotopic (exact) mass is 530 g/mol. The van der Waals surface area contributed by atoms with Gasteiger partial charge in [0.2, 0.25) is 5.91 Å². The van der Waals surface area contributed by atoms with Crippen LogP contribution in [-0.2, 0) is 25.0 Å². The van der Waals surface area contributed by atoms with Crippen LogP contribution >= 0.6 is 0 Å². The first-order valence-electron chi connectivity index (χ1n) is 9.90. The third kappa shape index (κ3) is 4.48. The zero-order chi connectivity index (χ0) is 26.4. The molecule has 1 amide bonds. The number of carbonyl (C=O) groups is 1. The van der Waals surface area contributed by atoms with E-state index >= 15 is 0 Å². The lowest BCUT2D eigenvalue weighted by atomic mass is 9.90. The molecule has 2 aromatic carbocycles. The number of benzene rings is 2. The molecule has 1 atom stereocenters. The van der Waals surface area contributed by atoms with E-state index in [4.69, 9.17) is 5.73 Å². The number of hydrogen-bond donors (Lipinski definition) is 1. The lowest BCUT2D eigenvalue weighted by Gasteiger charge is -2.32. The molecule has 0 spiro atoms. The Morgan fingerprint density at radius 3 is 1.89 bits per heavy atom. The van der Waals surface area contributed by atoms with Gasteiger partial charge in [-0.2, -0.15) is 26.3 Å². The predicted octanol–water partition coefficient (Wildman–Crippen LogP) is 3.98.